The van der Waals surface area contributed by atoms with Gasteiger partial charge in [0.05, 0.1) is 0 Å². The van der Waals surface area contributed by atoms with Crippen LogP contribution in [0.15, 0.2) is 84.0 Å². The first-order chi connectivity index (χ1) is 17.6. The van der Waals surface area contributed by atoms with E-state index < -0.39 is 0 Å². The largest absolute Gasteiger partial charge is 0.489 e. The molecule has 36 heavy (non-hydrogen) atoms. The highest BCUT2D eigenvalue weighted by Crippen LogP contribution is 2.59. The smallest absolute Gasteiger partial charge is 0.186 e. The van der Waals surface area contributed by atoms with Crippen molar-refractivity contribution in [3.05, 3.63) is 101 Å². The van der Waals surface area contributed by atoms with Crippen LogP contribution in [-0.2, 0) is 29.3 Å². The second-order valence-corrected chi connectivity index (χ2v) is 10.8. The molecule has 184 valence electrons. The molecule has 4 atom stereocenters. The number of rotatable bonds is 6. The van der Waals surface area contributed by atoms with Gasteiger partial charge in [0.2, 0.25) is 0 Å². The molecule has 4 nitrogen and oxygen atoms in total. The average Bonchev–Trinajstić information content (AvgIpc) is 3.18. The van der Waals surface area contributed by atoms with Crippen LogP contribution < -0.4 is 4.74 Å². The van der Waals surface area contributed by atoms with Gasteiger partial charge in [0.1, 0.15) is 24.7 Å². The topological polar surface area (TPSA) is 47.9 Å². The summed E-state index contributed by atoms with van der Waals surface area (Å²) in [7, 11) is 0. The third-order valence-corrected chi connectivity index (χ3v) is 8.78. The number of Topliss-reactive ketones (excluding diaryl/α,β-unsaturated/α-hetero) is 1. The van der Waals surface area contributed by atoms with Gasteiger partial charge in [-0.25, -0.2) is 0 Å². The maximum Gasteiger partial charge on any atom is 0.186 e. The SMILES string of the molecule is C[C@@]12CC[C@@H]3c4ccc(OCc5ccccc5)cc4CC[C@H]3[C@@H]1C/C(=N\OCc1ccccc1)C2=O. The number of aryl methyl sites for hydroxylation is 1. The lowest BCUT2D eigenvalue weighted by atomic mass is 9.55. The third-order valence-electron chi connectivity index (χ3n) is 8.78. The highest BCUT2D eigenvalue weighted by atomic mass is 16.6. The van der Waals surface area contributed by atoms with Crippen molar-refractivity contribution in [1.29, 1.82) is 0 Å². The number of hydrogen-bond acceptors (Lipinski definition) is 4. The van der Waals surface area contributed by atoms with Gasteiger partial charge < -0.3 is 9.57 Å². The molecular weight excluding hydrogens is 446 g/mol. The Hall–Kier alpha value is -3.40. The first-order valence-corrected chi connectivity index (χ1v) is 13.2. The summed E-state index contributed by atoms with van der Waals surface area (Å²) in [6.45, 7) is 3.15. The normalized spacial score (nSPS) is 27.8. The lowest BCUT2D eigenvalue weighted by molar-refractivity contribution is -0.125. The molecule has 3 aliphatic carbocycles. The van der Waals surface area contributed by atoms with Crippen LogP contribution in [0.4, 0.5) is 0 Å². The van der Waals surface area contributed by atoms with Gasteiger partial charge in [-0.3, -0.25) is 4.79 Å². The Morgan fingerprint density at radius 3 is 2.39 bits per heavy atom. The lowest BCUT2D eigenvalue weighted by Gasteiger charge is -2.47. The first-order valence-electron chi connectivity index (χ1n) is 13.2. The summed E-state index contributed by atoms with van der Waals surface area (Å²) < 4.78 is 6.10. The molecule has 0 unspecified atom stereocenters. The van der Waals surface area contributed by atoms with Crippen molar-refractivity contribution in [1.82, 2.24) is 0 Å². The van der Waals surface area contributed by atoms with Crippen LogP contribution in [0.2, 0.25) is 0 Å². The number of benzene rings is 3. The summed E-state index contributed by atoms with van der Waals surface area (Å²) in [5.74, 6) is 2.50. The van der Waals surface area contributed by atoms with Gasteiger partial charge in [0.15, 0.2) is 5.78 Å². The van der Waals surface area contributed by atoms with Gasteiger partial charge in [-0.15, -0.1) is 0 Å². The van der Waals surface area contributed by atoms with Gasteiger partial charge >= 0.3 is 0 Å². The van der Waals surface area contributed by atoms with Crippen molar-refractivity contribution in [2.75, 3.05) is 0 Å². The number of fused-ring (bicyclic) bond motifs is 5. The molecule has 0 bridgehead atoms. The summed E-state index contributed by atoms with van der Waals surface area (Å²) in [5.41, 5.74) is 5.43. The fourth-order valence-corrected chi connectivity index (χ4v) is 6.84. The van der Waals surface area contributed by atoms with Gasteiger partial charge in [0, 0.05) is 11.8 Å². The monoisotopic (exact) mass is 479 g/mol. The predicted octanol–water partition coefficient (Wildman–Crippen LogP) is 6.87. The molecule has 3 aromatic rings. The predicted molar refractivity (Wildman–Crippen MR) is 141 cm³/mol. The number of ether oxygens (including phenoxy) is 1. The maximum atomic E-state index is 13.4. The van der Waals surface area contributed by atoms with Gasteiger partial charge in [0.25, 0.3) is 0 Å². The van der Waals surface area contributed by atoms with Crippen molar-refractivity contribution >= 4 is 11.5 Å². The Balaban J connectivity index is 1.16. The van der Waals surface area contributed by atoms with Crippen molar-refractivity contribution in [2.45, 2.75) is 58.2 Å². The van der Waals surface area contributed by atoms with E-state index in [1.807, 2.05) is 48.5 Å². The molecule has 0 aliphatic heterocycles. The molecule has 0 heterocycles. The van der Waals surface area contributed by atoms with E-state index in [9.17, 15) is 4.79 Å². The molecule has 0 radical (unpaired) electrons. The van der Waals surface area contributed by atoms with E-state index in [0.717, 1.165) is 43.4 Å². The van der Waals surface area contributed by atoms with Gasteiger partial charge in [-0.2, -0.15) is 0 Å². The molecule has 0 amide bonds. The van der Waals surface area contributed by atoms with E-state index in [0.29, 0.717) is 36.7 Å². The van der Waals surface area contributed by atoms with Gasteiger partial charge in [-0.1, -0.05) is 78.8 Å². The summed E-state index contributed by atoms with van der Waals surface area (Å²) >= 11 is 0. The minimum absolute atomic E-state index is 0.203. The van der Waals surface area contributed by atoms with E-state index in [1.165, 1.54) is 16.7 Å². The second-order valence-electron chi connectivity index (χ2n) is 10.8. The molecule has 0 N–H and O–H groups in total. The first kappa shape index (κ1) is 23.0. The Morgan fingerprint density at radius 1 is 0.917 bits per heavy atom. The van der Waals surface area contributed by atoms with Crippen LogP contribution in [0.5, 0.6) is 5.75 Å². The molecule has 0 saturated heterocycles. The number of carbonyl (C=O) groups is 1. The molecule has 0 aromatic heterocycles. The number of carbonyl (C=O) groups excluding carboxylic acids is 1. The second kappa shape index (κ2) is 9.57. The Bertz CT molecular complexity index is 1270. The van der Waals surface area contributed by atoms with Crippen LogP contribution in [-0.4, -0.2) is 11.5 Å². The molecule has 3 aromatic carbocycles. The number of hydrogen-bond donors (Lipinski definition) is 0. The number of nitrogens with zero attached hydrogens (tertiary/aromatic N) is 1. The molecule has 4 heteroatoms. The van der Waals surface area contributed by atoms with E-state index in [2.05, 4.69) is 42.4 Å². The van der Waals surface area contributed by atoms with Crippen molar-refractivity contribution in [3.8, 4) is 5.75 Å². The minimum atomic E-state index is -0.313. The molecule has 3 aliphatic rings. The minimum Gasteiger partial charge on any atom is -0.489 e. The van der Waals surface area contributed by atoms with Crippen LogP contribution in [0.25, 0.3) is 0 Å². The zero-order valence-electron chi connectivity index (χ0n) is 20.9. The van der Waals surface area contributed by atoms with Gasteiger partial charge in [-0.05, 0) is 77.8 Å². The molecule has 2 fully saturated rings. The highest BCUT2D eigenvalue weighted by molar-refractivity contribution is 6.43. The van der Waals surface area contributed by atoms with Crippen LogP contribution in [0.3, 0.4) is 0 Å². The Morgan fingerprint density at radius 2 is 1.64 bits per heavy atom. The summed E-state index contributed by atoms with van der Waals surface area (Å²) in [5, 5.41) is 4.36. The molecule has 2 saturated carbocycles. The fourth-order valence-electron chi connectivity index (χ4n) is 6.84. The van der Waals surface area contributed by atoms with Crippen molar-refractivity contribution < 1.29 is 14.4 Å². The molecule has 6 rings (SSSR count). The van der Waals surface area contributed by atoms with E-state index >= 15 is 0 Å². The van der Waals surface area contributed by atoms with E-state index in [4.69, 9.17) is 9.57 Å². The average molecular weight is 480 g/mol. The summed E-state index contributed by atoms with van der Waals surface area (Å²) in [4.78, 5) is 19.1. The Kier molecular flexibility index (Phi) is 6.12. The van der Waals surface area contributed by atoms with Crippen molar-refractivity contribution in [3.63, 3.8) is 0 Å². The third kappa shape index (κ3) is 4.23. The van der Waals surface area contributed by atoms with Crippen LogP contribution in [0, 0.1) is 17.3 Å². The standard InChI is InChI=1S/C32H33NO3/c1-32-17-16-27-26-15-13-25(35-20-22-8-4-2-5-9-22)18-24(26)12-14-28(27)29(32)19-30(31(32)34)33-36-21-23-10-6-3-7-11-23/h2-11,13,15,18,27-29H,12,14,16-17,19-21H2,1H3/b33-30+/t27-,28-,29+,32-/m1/s1. The van der Waals surface area contributed by atoms with E-state index in [-0.39, 0.29) is 11.2 Å². The van der Waals surface area contributed by atoms with Crippen LogP contribution >= 0.6 is 0 Å². The maximum absolute atomic E-state index is 13.4. The number of ketones is 1. The Labute approximate surface area is 213 Å². The van der Waals surface area contributed by atoms with Crippen molar-refractivity contribution in [2.24, 2.45) is 22.4 Å². The summed E-state index contributed by atoms with van der Waals surface area (Å²) in [6, 6.07) is 26.9. The lowest BCUT2D eigenvalue weighted by Crippen LogP contribution is -2.42. The number of oxime groups is 1. The zero-order chi connectivity index (χ0) is 24.5. The zero-order valence-corrected chi connectivity index (χ0v) is 20.9. The highest BCUT2D eigenvalue weighted by Gasteiger charge is 2.57. The van der Waals surface area contributed by atoms with Crippen LogP contribution in [0.1, 0.15) is 60.8 Å². The quantitative estimate of drug-likeness (QED) is 0.362. The summed E-state index contributed by atoms with van der Waals surface area (Å²) in [6.07, 6.45) is 4.86. The van der Waals surface area contributed by atoms with E-state index in [1.54, 1.807) is 0 Å². The fraction of sp³-hybridized carbons (Fsp3) is 0.375. The molecule has 0 spiro atoms. The molecular formula is C32H33NO3.